The quantitative estimate of drug-likeness (QED) is 0.655. The predicted molar refractivity (Wildman–Crippen MR) is 94.4 cm³/mol. The summed E-state index contributed by atoms with van der Waals surface area (Å²) in [5.74, 6) is -0.141. The first-order valence-corrected chi connectivity index (χ1v) is 8.44. The van der Waals surface area contributed by atoms with E-state index in [0.717, 1.165) is 22.6 Å². The van der Waals surface area contributed by atoms with Crippen LogP contribution in [0.1, 0.15) is 46.4 Å². The van der Waals surface area contributed by atoms with E-state index in [9.17, 15) is 14.7 Å². The van der Waals surface area contributed by atoms with E-state index in [1.54, 1.807) is 24.2 Å². The van der Waals surface area contributed by atoms with Crippen molar-refractivity contribution in [1.29, 1.82) is 0 Å². The third-order valence-electron chi connectivity index (χ3n) is 4.57. The van der Waals surface area contributed by atoms with Gasteiger partial charge in [0.05, 0.1) is 31.1 Å². The number of carbonyl (C=O) groups is 2. The van der Waals surface area contributed by atoms with Crippen molar-refractivity contribution in [1.82, 2.24) is 14.8 Å². The van der Waals surface area contributed by atoms with Gasteiger partial charge in [-0.3, -0.25) is 19.3 Å². The van der Waals surface area contributed by atoms with Crippen molar-refractivity contribution >= 4 is 11.6 Å². The minimum Gasteiger partial charge on any atom is -0.511 e. The standard InChI is InChI=1S/C19H21N3O4/c1-11-7-20-14(12(2)19(11)26-3)10-22-9-13(8-21-22)18(25)17-15(23)5-4-6-16(17)24/h7-9,23H,4-6,10H2,1-3H3. The average molecular weight is 355 g/mol. The molecule has 1 aliphatic rings. The zero-order chi connectivity index (χ0) is 18.8. The molecule has 136 valence electrons. The van der Waals surface area contributed by atoms with Crippen molar-refractivity contribution in [3.63, 3.8) is 0 Å². The summed E-state index contributed by atoms with van der Waals surface area (Å²) >= 11 is 0. The van der Waals surface area contributed by atoms with E-state index < -0.39 is 5.78 Å². The van der Waals surface area contributed by atoms with Crippen LogP contribution in [0.25, 0.3) is 0 Å². The Morgan fingerprint density at radius 2 is 2.08 bits per heavy atom. The van der Waals surface area contributed by atoms with Gasteiger partial charge in [-0.15, -0.1) is 0 Å². The van der Waals surface area contributed by atoms with Gasteiger partial charge < -0.3 is 9.84 Å². The van der Waals surface area contributed by atoms with Crippen LogP contribution in [0.3, 0.4) is 0 Å². The second-order valence-corrected chi connectivity index (χ2v) is 6.40. The third-order valence-corrected chi connectivity index (χ3v) is 4.57. The second-order valence-electron chi connectivity index (χ2n) is 6.40. The molecule has 0 aliphatic heterocycles. The van der Waals surface area contributed by atoms with Gasteiger partial charge in [-0.2, -0.15) is 5.10 Å². The van der Waals surface area contributed by atoms with Crippen LogP contribution in [0.15, 0.2) is 29.9 Å². The van der Waals surface area contributed by atoms with Gasteiger partial charge in [-0.1, -0.05) is 0 Å². The highest BCUT2D eigenvalue weighted by Crippen LogP contribution is 2.25. The molecule has 1 N–H and O–H groups in total. The maximum absolute atomic E-state index is 12.6. The zero-order valence-corrected chi connectivity index (χ0v) is 15.1. The molecule has 0 bridgehead atoms. The number of pyridine rings is 1. The molecule has 7 heteroatoms. The van der Waals surface area contributed by atoms with E-state index >= 15 is 0 Å². The summed E-state index contributed by atoms with van der Waals surface area (Å²) in [5.41, 5.74) is 2.81. The number of aliphatic hydroxyl groups excluding tert-OH is 1. The summed E-state index contributed by atoms with van der Waals surface area (Å²) in [5, 5.41) is 14.1. The zero-order valence-electron chi connectivity index (χ0n) is 15.1. The molecule has 0 saturated heterocycles. The average Bonchev–Trinajstić information content (AvgIpc) is 3.06. The van der Waals surface area contributed by atoms with E-state index in [1.165, 1.54) is 6.20 Å². The fraction of sp³-hybridized carbons (Fsp3) is 0.368. The molecular formula is C19H21N3O4. The molecule has 0 spiro atoms. The van der Waals surface area contributed by atoms with E-state index in [2.05, 4.69) is 10.1 Å². The van der Waals surface area contributed by atoms with Gasteiger partial charge in [0.25, 0.3) is 0 Å². The van der Waals surface area contributed by atoms with Crippen LogP contribution in [0, 0.1) is 13.8 Å². The van der Waals surface area contributed by atoms with Crippen LogP contribution in [-0.2, 0) is 11.3 Å². The molecule has 1 aliphatic carbocycles. The molecule has 2 heterocycles. The van der Waals surface area contributed by atoms with Gasteiger partial charge in [0, 0.05) is 36.4 Å². The van der Waals surface area contributed by atoms with Gasteiger partial charge in [0.1, 0.15) is 17.1 Å². The minimum atomic E-state index is -0.482. The molecule has 0 amide bonds. The third kappa shape index (κ3) is 3.24. The summed E-state index contributed by atoms with van der Waals surface area (Å²) in [6, 6.07) is 0. The van der Waals surface area contributed by atoms with Crippen LogP contribution in [-0.4, -0.2) is 38.5 Å². The van der Waals surface area contributed by atoms with Crippen molar-refractivity contribution in [2.24, 2.45) is 0 Å². The Kier molecular flexibility index (Phi) is 4.88. The van der Waals surface area contributed by atoms with Crippen LogP contribution in [0.5, 0.6) is 5.75 Å². The van der Waals surface area contributed by atoms with Crippen LogP contribution in [0.4, 0.5) is 0 Å². The minimum absolute atomic E-state index is 0.109. The smallest absolute Gasteiger partial charge is 0.203 e. The summed E-state index contributed by atoms with van der Waals surface area (Å²) in [4.78, 5) is 29.0. The Labute approximate surface area is 151 Å². The second kappa shape index (κ2) is 7.11. The lowest BCUT2D eigenvalue weighted by atomic mass is 9.91. The lowest BCUT2D eigenvalue weighted by Crippen LogP contribution is -2.19. The molecule has 0 radical (unpaired) electrons. The highest BCUT2D eigenvalue weighted by molar-refractivity contribution is 6.26. The Balaban J connectivity index is 1.85. The number of aromatic nitrogens is 3. The molecule has 3 rings (SSSR count). The van der Waals surface area contributed by atoms with E-state index in [4.69, 9.17) is 4.74 Å². The molecular weight excluding hydrogens is 334 g/mol. The van der Waals surface area contributed by atoms with Crippen LogP contribution in [0.2, 0.25) is 0 Å². The number of hydrogen-bond donors (Lipinski definition) is 1. The molecule has 2 aromatic heterocycles. The lowest BCUT2D eigenvalue weighted by molar-refractivity contribution is -0.116. The molecule has 0 fully saturated rings. The van der Waals surface area contributed by atoms with Gasteiger partial charge in [-0.05, 0) is 20.3 Å². The number of ketones is 2. The number of allylic oxidation sites excluding steroid dienone is 2. The van der Waals surface area contributed by atoms with Crippen molar-refractivity contribution in [2.75, 3.05) is 7.11 Å². The Bertz CT molecular complexity index is 912. The Morgan fingerprint density at radius 1 is 1.31 bits per heavy atom. The van der Waals surface area contributed by atoms with Crippen molar-refractivity contribution in [2.45, 2.75) is 39.7 Å². The molecule has 0 aromatic carbocycles. The molecule has 2 aromatic rings. The SMILES string of the molecule is COc1c(C)cnc(Cn2cc(C(=O)C3=C(O)CCCC3=O)cn2)c1C. The summed E-state index contributed by atoms with van der Waals surface area (Å²) < 4.78 is 6.99. The first-order chi connectivity index (χ1) is 12.4. The number of methoxy groups -OCH3 is 1. The van der Waals surface area contributed by atoms with Crippen molar-refractivity contribution in [3.05, 3.63) is 52.3 Å². The van der Waals surface area contributed by atoms with E-state index in [0.29, 0.717) is 19.4 Å². The Hall–Kier alpha value is -2.96. The van der Waals surface area contributed by atoms with Gasteiger partial charge in [0.2, 0.25) is 5.78 Å². The van der Waals surface area contributed by atoms with E-state index in [-0.39, 0.29) is 29.1 Å². The topological polar surface area (TPSA) is 94.3 Å². The maximum Gasteiger partial charge on any atom is 0.203 e. The normalized spacial score (nSPS) is 14.7. The maximum atomic E-state index is 12.6. The fourth-order valence-electron chi connectivity index (χ4n) is 3.18. The molecule has 26 heavy (non-hydrogen) atoms. The van der Waals surface area contributed by atoms with Gasteiger partial charge in [0.15, 0.2) is 5.78 Å². The number of carbonyl (C=O) groups excluding carboxylic acids is 2. The van der Waals surface area contributed by atoms with Gasteiger partial charge >= 0.3 is 0 Å². The number of aliphatic hydroxyl groups is 1. The number of rotatable bonds is 5. The first kappa shape index (κ1) is 17.8. The van der Waals surface area contributed by atoms with Crippen LogP contribution >= 0.6 is 0 Å². The summed E-state index contributed by atoms with van der Waals surface area (Å²) in [6.45, 7) is 4.22. The lowest BCUT2D eigenvalue weighted by Gasteiger charge is -2.13. The number of aryl methyl sites for hydroxylation is 1. The summed E-state index contributed by atoms with van der Waals surface area (Å²) in [7, 11) is 1.62. The first-order valence-electron chi connectivity index (χ1n) is 8.44. The molecule has 0 saturated carbocycles. The number of Topliss-reactive ketones (excluding diaryl/α,β-unsaturated/α-hetero) is 2. The number of nitrogens with zero attached hydrogens (tertiary/aromatic N) is 3. The van der Waals surface area contributed by atoms with Crippen molar-refractivity contribution < 1.29 is 19.4 Å². The predicted octanol–water partition coefficient (Wildman–Crippen LogP) is 2.70. The monoisotopic (exact) mass is 355 g/mol. The fourth-order valence-corrected chi connectivity index (χ4v) is 3.18. The number of ether oxygens (including phenoxy) is 1. The highest BCUT2D eigenvalue weighted by Gasteiger charge is 2.28. The molecule has 0 atom stereocenters. The summed E-state index contributed by atoms with van der Waals surface area (Å²) in [6.07, 6.45) is 5.92. The number of hydrogen-bond acceptors (Lipinski definition) is 6. The molecule has 7 nitrogen and oxygen atoms in total. The van der Waals surface area contributed by atoms with Crippen LogP contribution < -0.4 is 4.74 Å². The largest absolute Gasteiger partial charge is 0.511 e. The molecule has 0 unspecified atom stereocenters. The van der Waals surface area contributed by atoms with Crippen molar-refractivity contribution in [3.8, 4) is 5.75 Å². The van der Waals surface area contributed by atoms with Gasteiger partial charge in [-0.25, -0.2) is 0 Å². The highest BCUT2D eigenvalue weighted by atomic mass is 16.5. The Morgan fingerprint density at radius 3 is 2.77 bits per heavy atom. The van der Waals surface area contributed by atoms with E-state index in [1.807, 2.05) is 13.8 Å².